The average Bonchev–Trinajstić information content (AvgIpc) is 2.52. The maximum absolute atomic E-state index is 12.2. The van der Waals surface area contributed by atoms with Gasteiger partial charge in [-0.05, 0) is 30.7 Å². The molecule has 3 rings (SSSR count). The van der Waals surface area contributed by atoms with Gasteiger partial charge in [0.1, 0.15) is 11.3 Å². The molecule has 4 heteroatoms. The highest BCUT2D eigenvalue weighted by atomic mass is 16.4. The molecule has 21 heavy (non-hydrogen) atoms. The van der Waals surface area contributed by atoms with Crippen LogP contribution in [0.5, 0.6) is 0 Å². The van der Waals surface area contributed by atoms with Crippen LogP contribution in [0.25, 0.3) is 11.0 Å². The van der Waals surface area contributed by atoms with Gasteiger partial charge in [0.15, 0.2) is 0 Å². The summed E-state index contributed by atoms with van der Waals surface area (Å²) in [6, 6.07) is 16.0. The lowest BCUT2D eigenvalue weighted by atomic mass is 10.1. The molecule has 0 aliphatic carbocycles. The highest BCUT2D eigenvalue weighted by molar-refractivity contribution is 6.05. The van der Waals surface area contributed by atoms with Gasteiger partial charge >= 0.3 is 5.63 Å². The van der Waals surface area contributed by atoms with Crippen LogP contribution in [0.1, 0.15) is 15.9 Å². The molecule has 3 aromatic rings. The Hall–Kier alpha value is -2.88. The van der Waals surface area contributed by atoms with E-state index >= 15 is 0 Å². The summed E-state index contributed by atoms with van der Waals surface area (Å²) in [5.74, 6) is -0.332. The second-order valence-corrected chi connectivity index (χ2v) is 4.71. The third-order valence-electron chi connectivity index (χ3n) is 3.35. The van der Waals surface area contributed by atoms with Crippen molar-refractivity contribution in [3.05, 3.63) is 76.1 Å². The first-order chi connectivity index (χ1) is 10.2. The third kappa shape index (κ3) is 2.43. The molecule has 4 nitrogen and oxygen atoms in total. The summed E-state index contributed by atoms with van der Waals surface area (Å²) in [6.07, 6.45) is 0. The van der Waals surface area contributed by atoms with E-state index < -0.39 is 5.63 Å². The SMILES string of the molecule is Cc1c(NC(=O)c2ccccc2)c(=O)oc2ccccc12. The molecular formula is C17H13NO3. The Morgan fingerprint density at radius 1 is 1.00 bits per heavy atom. The van der Waals surface area contributed by atoms with Crippen LogP contribution < -0.4 is 10.9 Å². The molecule has 0 saturated heterocycles. The summed E-state index contributed by atoms with van der Waals surface area (Å²) in [6.45, 7) is 1.79. The molecule has 0 spiro atoms. The summed E-state index contributed by atoms with van der Waals surface area (Å²) in [4.78, 5) is 24.2. The second-order valence-electron chi connectivity index (χ2n) is 4.71. The number of hydrogen-bond acceptors (Lipinski definition) is 3. The van der Waals surface area contributed by atoms with E-state index in [4.69, 9.17) is 4.42 Å². The lowest BCUT2D eigenvalue weighted by Gasteiger charge is -2.09. The number of hydrogen-bond donors (Lipinski definition) is 1. The summed E-state index contributed by atoms with van der Waals surface area (Å²) in [5.41, 5.74) is 1.34. The van der Waals surface area contributed by atoms with Crippen molar-refractivity contribution in [1.82, 2.24) is 0 Å². The highest BCUT2D eigenvalue weighted by Gasteiger charge is 2.14. The average molecular weight is 279 g/mol. The molecule has 1 aromatic heterocycles. The van der Waals surface area contributed by atoms with E-state index in [0.717, 1.165) is 5.39 Å². The van der Waals surface area contributed by atoms with E-state index in [0.29, 0.717) is 16.7 Å². The first kappa shape index (κ1) is 13.1. The number of amides is 1. The fraction of sp³-hybridized carbons (Fsp3) is 0.0588. The fourth-order valence-corrected chi connectivity index (χ4v) is 2.22. The predicted octanol–water partition coefficient (Wildman–Crippen LogP) is 3.35. The van der Waals surface area contributed by atoms with Gasteiger partial charge in [-0.2, -0.15) is 0 Å². The van der Waals surface area contributed by atoms with Gasteiger partial charge in [0.05, 0.1) is 0 Å². The lowest BCUT2D eigenvalue weighted by molar-refractivity contribution is 0.102. The molecule has 104 valence electrons. The molecule has 0 atom stereocenters. The largest absolute Gasteiger partial charge is 0.421 e. The van der Waals surface area contributed by atoms with Gasteiger partial charge in [0.2, 0.25) is 0 Å². The van der Waals surface area contributed by atoms with Crippen LogP contribution in [0.2, 0.25) is 0 Å². The van der Waals surface area contributed by atoms with Gasteiger partial charge in [0, 0.05) is 10.9 Å². The maximum Gasteiger partial charge on any atom is 0.360 e. The normalized spacial score (nSPS) is 10.5. The van der Waals surface area contributed by atoms with Crippen molar-refractivity contribution < 1.29 is 9.21 Å². The van der Waals surface area contributed by atoms with Crippen LogP contribution in [0.15, 0.2) is 63.8 Å². The summed E-state index contributed by atoms with van der Waals surface area (Å²) in [5, 5.41) is 3.45. The quantitative estimate of drug-likeness (QED) is 0.732. The van der Waals surface area contributed by atoms with Crippen molar-refractivity contribution in [2.75, 3.05) is 5.32 Å². The Morgan fingerprint density at radius 2 is 1.67 bits per heavy atom. The number of aryl methyl sites for hydroxylation is 1. The number of rotatable bonds is 2. The highest BCUT2D eigenvalue weighted by Crippen LogP contribution is 2.22. The zero-order valence-electron chi connectivity index (χ0n) is 11.4. The molecule has 1 heterocycles. The van der Waals surface area contributed by atoms with Crippen LogP contribution in [0.4, 0.5) is 5.69 Å². The first-order valence-electron chi connectivity index (χ1n) is 6.55. The molecule has 0 fully saturated rings. The van der Waals surface area contributed by atoms with Crippen molar-refractivity contribution >= 4 is 22.6 Å². The number of carbonyl (C=O) groups is 1. The Balaban J connectivity index is 2.05. The molecule has 0 bridgehead atoms. The monoisotopic (exact) mass is 279 g/mol. The van der Waals surface area contributed by atoms with E-state index in [1.54, 1.807) is 43.3 Å². The molecule has 2 aromatic carbocycles. The van der Waals surface area contributed by atoms with Gasteiger partial charge < -0.3 is 9.73 Å². The van der Waals surface area contributed by atoms with Crippen molar-refractivity contribution in [2.45, 2.75) is 6.92 Å². The molecule has 0 aliphatic heterocycles. The summed E-state index contributed by atoms with van der Waals surface area (Å²) >= 11 is 0. The minimum Gasteiger partial charge on any atom is -0.421 e. The number of carbonyl (C=O) groups excluding carboxylic acids is 1. The molecule has 0 aliphatic rings. The Bertz CT molecular complexity index is 866. The zero-order valence-corrected chi connectivity index (χ0v) is 11.4. The second kappa shape index (κ2) is 5.25. The molecule has 1 amide bonds. The standard InChI is InChI=1S/C17H13NO3/c1-11-13-9-5-6-10-14(13)21-17(20)15(11)18-16(19)12-7-3-2-4-8-12/h2-10H,1H3,(H,18,19). The summed E-state index contributed by atoms with van der Waals surface area (Å²) < 4.78 is 5.24. The number of anilines is 1. The van der Waals surface area contributed by atoms with Crippen LogP contribution in [0, 0.1) is 6.92 Å². The number of nitrogens with one attached hydrogen (secondary N) is 1. The van der Waals surface area contributed by atoms with E-state index in [1.807, 2.05) is 18.2 Å². The molecule has 0 radical (unpaired) electrons. The topological polar surface area (TPSA) is 59.3 Å². The zero-order chi connectivity index (χ0) is 14.8. The number of fused-ring (bicyclic) bond motifs is 1. The van der Waals surface area contributed by atoms with Crippen molar-refractivity contribution in [2.24, 2.45) is 0 Å². The Kier molecular flexibility index (Phi) is 3.28. The lowest BCUT2D eigenvalue weighted by Crippen LogP contribution is -2.19. The van der Waals surface area contributed by atoms with Crippen LogP contribution in [0.3, 0.4) is 0 Å². The van der Waals surface area contributed by atoms with Crippen molar-refractivity contribution in [3.63, 3.8) is 0 Å². The van der Waals surface area contributed by atoms with E-state index in [2.05, 4.69) is 5.32 Å². The van der Waals surface area contributed by atoms with Gasteiger partial charge in [0.25, 0.3) is 5.91 Å². The van der Waals surface area contributed by atoms with Gasteiger partial charge in [-0.1, -0.05) is 36.4 Å². The van der Waals surface area contributed by atoms with Crippen LogP contribution in [-0.4, -0.2) is 5.91 Å². The van der Waals surface area contributed by atoms with E-state index in [-0.39, 0.29) is 11.6 Å². The Labute approximate surface area is 121 Å². The van der Waals surface area contributed by atoms with E-state index in [1.165, 1.54) is 0 Å². The number of benzene rings is 2. The molecule has 0 unspecified atom stereocenters. The van der Waals surface area contributed by atoms with Crippen LogP contribution in [-0.2, 0) is 0 Å². The van der Waals surface area contributed by atoms with Crippen molar-refractivity contribution in [3.8, 4) is 0 Å². The van der Waals surface area contributed by atoms with Crippen molar-refractivity contribution in [1.29, 1.82) is 0 Å². The minimum atomic E-state index is -0.546. The minimum absolute atomic E-state index is 0.183. The van der Waals surface area contributed by atoms with Gasteiger partial charge in [-0.3, -0.25) is 4.79 Å². The van der Waals surface area contributed by atoms with Gasteiger partial charge in [-0.25, -0.2) is 4.79 Å². The van der Waals surface area contributed by atoms with Gasteiger partial charge in [-0.15, -0.1) is 0 Å². The van der Waals surface area contributed by atoms with Crippen LogP contribution >= 0.6 is 0 Å². The Morgan fingerprint density at radius 3 is 2.43 bits per heavy atom. The maximum atomic E-state index is 12.2. The fourth-order valence-electron chi connectivity index (χ4n) is 2.22. The summed E-state index contributed by atoms with van der Waals surface area (Å²) in [7, 11) is 0. The molecular weight excluding hydrogens is 266 g/mol. The number of para-hydroxylation sites is 1. The van der Waals surface area contributed by atoms with E-state index in [9.17, 15) is 9.59 Å². The molecule has 1 N–H and O–H groups in total. The molecule has 0 saturated carbocycles. The predicted molar refractivity (Wildman–Crippen MR) is 81.6 cm³/mol. The smallest absolute Gasteiger partial charge is 0.360 e. The third-order valence-corrected chi connectivity index (χ3v) is 3.35. The first-order valence-corrected chi connectivity index (χ1v) is 6.55.